The van der Waals surface area contributed by atoms with Gasteiger partial charge >= 0.3 is 26.2 Å². The maximum Gasteiger partial charge on any atom is 0.363 e. The summed E-state index contributed by atoms with van der Waals surface area (Å²) in [5.74, 6) is -2.55. The average Bonchev–Trinajstić information content (AvgIpc) is 2.84. The molecule has 0 aliphatic rings. The van der Waals surface area contributed by atoms with Crippen molar-refractivity contribution in [2.45, 2.75) is 32.8 Å². The van der Waals surface area contributed by atoms with Crippen LogP contribution in [0.2, 0.25) is 0 Å². The minimum absolute atomic E-state index is 0.0816. The summed E-state index contributed by atoms with van der Waals surface area (Å²) in [6.07, 6.45) is -1.67. The van der Waals surface area contributed by atoms with E-state index in [1.807, 2.05) is 0 Å². The molecule has 35 heavy (non-hydrogen) atoms. The van der Waals surface area contributed by atoms with E-state index in [1.165, 1.54) is 25.3 Å². The standard InChI is InChI=1S/C21H25N2O11P/c1-13-10-22(21(28)23(17(13)25)18(26)15-8-6-5-7-9-15)11-16(33-14(2)24)12-32-20(19(27)30-3)34-35(29)31-4/h5-10,16,20,29H,11-12H2,1-4H3. The summed E-state index contributed by atoms with van der Waals surface area (Å²) in [7, 11) is -0.259. The molecule has 3 atom stereocenters. The van der Waals surface area contributed by atoms with E-state index in [4.69, 9.17) is 14.0 Å². The summed E-state index contributed by atoms with van der Waals surface area (Å²) in [5.41, 5.74) is -1.56. The highest BCUT2D eigenvalue weighted by Crippen LogP contribution is 2.33. The van der Waals surface area contributed by atoms with E-state index in [0.717, 1.165) is 25.7 Å². The van der Waals surface area contributed by atoms with Gasteiger partial charge in [0.15, 0.2) is 0 Å². The fourth-order valence-corrected chi connectivity index (χ4v) is 3.29. The van der Waals surface area contributed by atoms with Crippen LogP contribution in [-0.4, -0.2) is 65.1 Å². The second kappa shape index (κ2) is 13.0. The third kappa shape index (κ3) is 7.64. The van der Waals surface area contributed by atoms with Gasteiger partial charge in [0.2, 0.25) is 0 Å². The first kappa shape index (κ1) is 28.0. The number of rotatable bonds is 11. The van der Waals surface area contributed by atoms with E-state index < -0.39 is 56.7 Å². The van der Waals surface area contributed by atoms with Gasteiger partial charge in [0.1, 0.15) is 6.10 Å². The molecule has 13 nitrogen and oxygen atoms in total. The third-order valence-corrected chi connectivity index (χ3v) is 5.14. The molecule has 0 aliphatic heterocycles. The van der Waals surface area contributed by atoms with Crippen LogP contribution < -0.4 is 11.2 Å². The van der Waals surface area contributed by atoms with Crippen LogP contribution in [0.5, 0.6) is 0 Å². The van der Waals surface area contributed by atoms with Crippen molar-refractivity contribution in [3.8, 4) is 0 Å². The number of ether oxygens (including phenoxy) is 3. The number of benzene rings is 1. The lowest BCUT2D eigenvalue weighted by atomic mass is 10.2. The number of carbonyl (C=O) groups excluding carboxylic acids is 3. The van der Waals surface area contributed by atoms with Crippen LogP contribution in [0.4, 0.5) is 0 Å². The quantitative estimate of drug-likeness (QED) is 0.251. The molecule has 0 amide bonds. The van der Waals surface area contributed by atoms with E-state index in [0.29, 0.717) is 4.57 Å². The van der Waals surface area contributed by atoms with Crippen LogP contribution in [0.1, 0.15) is 22.8 Å². The van der Waals surface area contributed by atoms with E-state index in [2.05, 4.69) is 9.26 Å². The van der Waals surface area contributed by atoms with Gasteiger partial charge in [-0.1, -0.05) is 18.2 Å². The number of esters is 2. The Morgan fingerprint density at radius 1 is 1.11 bits per heavy atom. The van der Waals surface area contributed by atoms with E-state index in [1.54, 1.807) is 18.2 Å². The first-order valence-corrected chi connectivity index (χ1v) is 11.2. The first-order valence-electron chi connectivity index (χ1n) is 10.1. The number of hydrogen-bond acceptors (Lipinski definition) is 11. The molecule has 0 fully saturated rings. The predicted molar refractivity (Wildman–Crippen MR) is 120 cm³/mol. The van der Waals surface area contributed by atoms with Crippen molar-refractivity contribution in [1.29, 1.82) is 0 Å². The summed E-state index contributed by atoms with van der Waals surface area (Å²) >= 11 is 0. The molecule has 0 aliphatic carbocycles. The molecule has 190 valence electrons. The maximum absolute atomic E-state index is 13.0. The minimum Gasteiger partial charge on any atom is -0.465 e. The molecule has 1 aromatic carbocycles. The molecule has 0 radical (unpaired) electrons. The Morgan fingerprint density at radius 3 is 2.34 bits per heavy atom. The van der Waals surface area contributed by atoms with Gasteiger partial charge in [0.25, 0.3) is 17.8 Å². The molecule has 0 saturated heterocycles. The number of hydrogen-bond donors (Lipinski definition) is 1. The normalized spacial score (nSPS) is 13.5. The highest BCUT2D eigenvalue weighted by Gasteiger charge is 2.28. The Balaban J connectivity index is 2.35. The van der Waals surface area contributed by atoms with Gasteiger partial charge in [-0.3, -0.25) is 23.5 Å². The SMILES string of the molecule is COC(=O)C(OCC(Cn1cc(C)c(=O)n(C(=O)c2ccccc2)c1=O)OC(C)=O)OP(O)OC. The average molecular weight is 512 g/mol. The molecule has 1 N–H and O–H groups in total. The lowest BCUT2D eigenvalue weighted by Gasteiger charge is -2.22. The molecule has 14 heteroatoms. The number of nitrogens with zero attached hydrogens (tertiary/aromatic N) is 2. The van der Waals surface area contributed by atoms with Crippen LogP contribution in [0.3, 0.4) is 0 Å². The second-order valence-corrected chi connectivity index (χ2v) is 8.06. The zero-order chi connectivity index (χ0) is 26.1. The topological polar surface area (TPSA) is 162 Å². The van der Waals surface area contributed by atoms with Crippen molar-refractivity contribution in [3.63, 3.8) is 0 Å². The van der Waals surface area contributed by atoms with Crippen LogP contribution in [0.25, 0.3) is 0 Å². The Bertz CT molecular complexity index is 1160. The van der Waals surface area contributed by atoms with Gasteiger partial charge < -0.3 is 23.6 Å². The maximum atomic E-state index is 13.0. The summed E-state index contributed by atoms with van der Waals surface area (Å²) in [6, 6.07) is 7.76. The number of methoxy groups -OCH3 is 1. The summed E-state index contributed by atoms with van der Waals surface area (Å²) in [5, 5.41) is 0. The van der Waals surface area contributed by atoms with Crippen molar-refractivity contribution in [2.75, 3.05) is 20.8 Å². The highest BCUT2D eigenvalue weighted by atomic mass is 31.2. The van der Waals surface area contributed by atoms with E-state index in [-0.39, 0.29) is 17.7 Å². The molecular weight excluding hydrogens is 487 g/mol. The van der Waals surface area contributed by atoms with Gasteiger partial charge in [-0.2, -0.15) is 4.57 Å². The van der Waals surface area contributed by atoms with Gasteiger partial charge in [-0.05, 0) is 19.1 Å². The van der Waals surface area contributed by atoms with Crippen molar-refractivity contribution in [2.24, 2.45) is 0 Å². The fourth-order valence-electron chi connectivity index (χ4n) is 2.89. The molecule has 2 rings (SSSR count). The second-order valence-electron chi connectivity index (χ2n) is 7.00. The fraction of sp³-hybridized carbons (Fsp3) is 0.381. The zero-order valence-corrected chi connectivity index (χ0v) is 20.3. The number of aromatic nitrogens is 2. The molecule has 0 spiro atoms. The van der Waals surface area contributed by atoms with Crippen LogP contribution in [-0.2, 0) is 39.4 Å². The molecule has 0 saturated carbocycles. The van der Waals surface area contributed by atoms with Gasteiger partial charge in [0.05, 0.1) is 20.3 Å². The zero-order valence-electron chi connectivity index (χ0n) is 19.4. The Morgan fingerprint density at radius 2 is 1.77 bits per heavy atom. The highest BCUT2D eigenvalue weighted by molar-refractivity contribution is 7.40. The lowest BCUT2D eigenvalue weighted by Crippen LogP contribution is -2.46. The van der Waals surface area contributed by atoms with Crippen LogP contribution in [0.15, 0.2) is 46.1 Å². The van der Waals surface area contributed by atoms with Crippen molar-refractivity contribution < 1.29 is 42.5 Å². The van der Waals surface area contributed by atoms with Crippen molar-refractivity contribution >= 4 is 26.4 Å². The van der Waals surface area contributed by atoms with Crippen molar-refractivity contribution in [1.82, 2.24) is 9.13 Å². The van der Waals surface area contributed by atoms with Crippen LogP contribution >= 0.6 is 8.60 Å². The van der Waals surface area contributed by atoms with Gasteiger partial charge in [0, 0.05) is 31.4 Å². The summed E-state index contributed by atoms with van der Waals surface area (Å²) in [4.78, 5) is 71.5. The molecule has 1 heterocycles. The van der Waals surface area contributed by atoms with Crippen LogP contribution in [0, 0.1) is 6.92 Å². The first-order chi connectivity index (χ1) is 16.6. The largest absolute Gasteiger partial charge is 0.465 e. The molecule has 3 unspecified atom stereocenters. The van der Waals surface area contributed by atoms with Gasteiger partial charge in [-0.25, -0.2) is 9.59 Å². The number of carbonyl (C=O) groups is 3. The monoisotopic (exact) mass is 512 g/mol. The number of aryl methyl sites for hydroxylation is 1. The molecule has 2 aromatic rings. The molecular formula is C21H25N2O11P. The molecule has 0 bridgehead atoms. The van der Waals surface area contributed by atoms with E-state index >= 15 is 0 Å². The smallest absolute Gasteiger partial charge is 0.363 e. The Kier molecular flexibility index (Phi) is 10.4. The predicted octanol–water partition coefficient (Wildman–Crippen LogP) is 0.337. The molecule has 1 aromatic heterocycles. The van der Waals surface area contributed by atoms with E-state index in [9.17, 15) is 28.9 Å². The minimum atomic E-state index is -2.46. The summed E-state index contributed by atoms with van der Waals surface area (Å²) < 4.78 is 26.0. The Labute approximate surface area is 200 Å². The van der Waals surface area contributed by atoms with Gasteiger partial charge in [-0.15, -0.1) is 0 Å². The third-order valence-electron chi connectivity index (χ3n) is 4.45. The van der Waals surface area contributed by atoms with Crippen molar-refractivity contribution in [3.05, 3.63) is 68.5 Å². The Hall–Kier alpha value is -3.22. The summed E-state index contributed by atoms with van der Waals surface area (Å²) in [6.45, 7) is 1.71. The lowest BCUT2D eigenvalue weighted by molar-refractivity contribution is -0.183.